The predicted molar refractivity (Wildman–Crippen MR) is 68.3 cm³/mol. The molecule has 0 spiro atoms. The van der Waals surface area contributed by atoms with E-state index in [0.717, 1.165) is 16.6 Å². The topological polar surface area (TPSA) is 56.7 Å². The summed E-state index contributed by atoms with van der Waals surface area (Å²) in [6, 6.07) is 7.48. The molecular weight excluding hydrogens is 236 g/mol. The first-order valence-electron chi connectivity index (χ1n) is 5.09. The molecule has 0 atom stereocenters. The number of nitrogen functional groups attached to an aromatic ring is 1. The maximum atomic E-state index is 6.10. The van der Waals surface area contributed by atoms with Gasteiger partial charge < -0.3 is 5.73 Å². The van der Waals surface area contributed by atoms with Crippen LogP contribution in [0.25, 0.3) is 16.6 Å². The van der Waals surface area contributed by atoms with Gasteiger partial charge in [0.25, 0.3) is 0 Å². The largest absolute Gasteiger partial charge is 0.399 e. The van der Waals surface area contributed by atoms with Crippen molar-refractivity contribution >= 4 is 28.2 Å². The standard InChI is InChI=1S/C12H9ClN4/c13-10-7-15-4-3-11(10)17-12-5-9(14)2-1-8(12)6-16-17/h1-7H,14H2. The summed E-state index contributed by atoms with van der Waals surface area (Å²) < 4.78 is 1.76. The molecule has 0 fully saturated rings. The second-order valence-electron chi connectivity index (χ2n) is 3.70. The molecule has 3 rings (SSSR count). The molecule has 0 aliphatic carbocycles. The third-order valence-electron chi connectivity index (χ3n) is 2.57. The second kappa shape index (κ2) is 3.75. The van der Waals surface area contributed by atoms with E-state index in [1.54, 1.807) is 23.3 Å². The summed E-state index contributed by atoms with van der Waals surface area (Å²) in [6.07, 6.45) is 5.06. The molecule has 1 aromatic carbocycles. The second-order valence-corrected chi connectivity index (χ2v) is 4.11. The van der Waals surface area contributed by atoms with Gasteiger partial charge in [-0.25, -0.2) is 4.68 Å². The molecule has 4 nitrogen and oxygen atoms in total. The first-order valence-corrected chi connectivity index (χ1v) is 5.46. The SMILES string of the molecule is Nc1ccc2cnn(-c3ccncc3Cl)c2c1. The van der Waals surface area contributed by atoms with Crippen LogP contribution in [-0.4, -0.2) is 14.8 Å². The predicted octanol–water partition coefficient (Wildman–Crippen LogP) is 2.66. The summed E-state index contributed by atoms with van der Waals surface area (Å²) in [4.78, 5) is 3.95. The minimum Gasteiger partial charge on any atom is -0.399 e. The minimum absolute atomic E-state index is 0.555. The lowest BCUT2D eigenvalue weighted by Gasteiger charge is -2.05. The Balaban J connectivity index is 2.31. The van der Waals surface area contributed by atoms with Gasteiger partial charge in [-0.15, -0.1) is 0 Å². The van der Waals surface area contributed by atoms with Crippen LogP contribution in [0.3, 0.4) is 0 Å². The number of anilines is 1. The third kappa shape index (κ3) is 1.62. The van der Waals surface area contributed by atoms with Gasteiger partial charge >= 0.3 is 0 Å². The fourth-order valence-electron chi connectivity index (χ4n) is 1.77. The molecule has 5 heteroatoms. The quantitative estimate of drug-likeness (QED) is 0.670. The molecule has 2 N–H and O–H groups in total. The average Bonchev–Trinajstić information content (AvgIpc) is 2.72. The molecule has 2 heterocycles. The van der Waals surface area contributed by atoms with Crippen molar-refractivity contribution in [1.82, 2.24) is 14.8 Å². The summed E-state index contributed by atoms with van der Waals surface area (Å²) >= 11 is 6.10. The normalized spacial score (nSPS) is 10.9. The number of nitrogens with two attached hydrogens (primary N) is 1. The number of halogens is 1. The van der Waals surface area contributed by atoms with Crippen molar-refractivity contribution in [1.29, 1.82) is 0 Å². The fraction of sp³-hybridized carbons (Fsp3) is 0. The Morgan fingerprint density at radius 2 is 2.06 bits per heavy atom. The van der Waals surface area contributed by atoms with E-state index in [1.165, 1.54) is 0 Å². The van der Waals surface area contributed by atoms with E-state index in [4.69, 9.17) is 17.3 Å². The molecule has 0 aliphatic heterocycles. The fourth-order valence-corrected chi connectivity index (χ4v) is 1.97. The zero-order chi connectivity index (χ0) is 11.8. The lowest BCUT2D eigenvalue weighted by molar-refractivity contribution is 0.908. The molecule has 0 saturated carbocycles. The summed E-state index contributed by atoms with van der Waals surface area (Å²) in [5.41, 5.74) is 8.20. The molecular formula is C12H9ClN4. The van der Waals surface area contributed by atoms with E-state index in [2.05, 4.69) is 10.1 Å². The van der Waals surface area contributed by atoms with E-state index in [0.29, 0.717) is 10.7 Å². The molecule has 0 radical (unpaired) electrons. The molecule has 0 amide bonds. The van der Waals surface area contributed by atoms with Crippen LogP contribution < -0.4 is 5.73 Å². The lowest BCUT2D eigenvalue weighted by atomic mass is 10.2. The van der Waals surface area contributed by atoms with Gasteiger partial charge in [0.05, 0.1) is 22.4 Å². The Morgan fingerprint density at radius 3 is 2.88 bits per heavy atom. The number of benzene rings is 1. The van der Waals surface area contributed by atoms with Crippen molar-refractivity contribution in [3.8, 4) is 5.69 Å². The van der Waals surface area contributed by atoms with Gasteiger partial charge in [0.15, 0.2) is 0 Å². The van der Waals surface area contributed by atoms with E-state index >= 15 is 0 Å². The van der Waals surface area contributed by atoms with Gasteiger partial charge in [-0.3, -0.25) is 4.98 Å². The van der Waals surface area contributed by atoms with Crippen molar-refractivity contribution < 1.29 is 0 Å². The highest BCUT2D eigenvalue weighted by molar-refractivity contribution is 6.32. The van der Waals surface area contributed by atoms with Gasteiger partial charge in [0, 0.05) is 23.5 Å². The Morgan fingerprint density at radius 1 is 1.18 bits per heavy atom. The van der Waals surface area contributed by atoms with Gasteiger partial charge in [0.1, 0.15) is 0 Å². The van der Waals surface area contributed by atoms with E-state index < -0.39 is 0 Å². The molecule has 17 heavy (non-hydrogen) atoms. The third-order valence-corrected chi connectivity index (χ3v) is 2.87. The summed E-state index contributed by atoms with van der Waals surface area (Å²) in [6.45, 7) is 0. The van der Waals surface area contributed by atoms with Crippen molar-refractivity contribution in [3.05, 3.63) is 47.9 Å². The summed E-state index contributed by atoms with van der Waals surface area (Å²) in [5, 5.41) is 5.89. The van der Waals surface area contributed by atoms with Gasteiger partial charge in [-0.2, -0.15) is 5.10 Å². The van der Waals surface area contributed by atoms with Crippen LogP contribution >= 0.6 is 11.6 Å². The van der Waals surface area contributed by atoms with E-state index in [9.17, 15) is 0 Å². The highest BCUT2D eigenvalue weighted by Gasteiger charge is 2.08. The van der Waals surface area contributed by atoms with Crippen LogP contribution in [-0.2, 0) is 0 Å². The number of hydrogen-bond donors (Lipinski definition) is 1. The molecule has 2 aromatic heterocycles. The van der Waals surface area contributed by atoms with Crippen molar-refractivity contribution in [2.24, 2.45) is 0 Å². The first-order chi connectivity index (χ1) is 8.25. The molecule has 0 unspecified atom stereocenters. The van der Waals surface area contributed by atoms with Gasteiger partial charge in [-0.05, 0) is 24.3 Å². The minimum atomic E-state index is 0.555. The zero-order valence-corrected chi connectivity index (χ0v) is 9.59. The monoisotopic (exact) mass is 244 g/mol. The van der Waals surface area contributed by atoms with Crippen LogP contribution in [0, 0.1) is 0 Å². The molecule has 0 saturated heterocycles. The zero-order valence-electron chi connectivity index (χ0n) is 8.84. The van der Waals surface area contributed by atoms with Crippen LogP contribution in [0.4, 0.5) is 5.69 Å². The highest BCUT2D eigenvalue weighted by Crippen LogP contribution is 2.24. The van der Waals surface area contributed by atoms with Crippen LogP contribution in [0.1, 0.15) is 0 Å². The van der Waals surface area contributed by atoms with Crippen molar-refractivity contribution in [2.75, 3.05) is 5.73 Å². The number of rotatable bonds is 1. The molecule has 0 bridgehead atoms. The smallest absolute Gasteiger partial charge is 0.0870 e. The number of aromatic nitrogens is 3. The number of nitrogens with zero attached hydrogens (tertiary/aromatic N) is 3. The van der Waals surface area contributed by atoms with Crippen molar-refractivity contribution in [3.63, 3.8) is 0 Å². The Hall–Kier alpha value is -2.07. The van der Waals surface area contributed by atoms with E-state index in [1.807, 2.05) is 24.3 Å². The maximum absolute atomic E-state index is 6.10. The van der Waals surface area contributed by atoms with Crippen LogP contribution in [0.2, 0.25) is 5.02 Å². The highest BCUT2D eigenvalue weighted by atomic mass is 35.5. The Kier molecular flexibility index (Phi) is 2.23. The molecule has 3 aromatic rings. The van der Waals surface area contributed by atoms with Crippen LogP contribution in [0.15, 0.2) is 42.9 Å². The van der Waals surface area contributed by atoms with Gasteiger partial charge in [0.2, 0.25) is 0 Å². The maximum Gasteiger partial charge on any atom is 0.0870 e. The van der Waals surface area contributed by atoms with Gasteiger partial charge in [-0.1, -0.05) is 11.6 Å². The average molecular weight is 245 g/mol. The number of hydrogen-bond acceptors (Lipinski definition) is 3. The Bertz CT molecular complexity index is 690. The summed E-state index contributed by atoms with van der Waals surface area (Å²) in [7, 11) is 0. The molecule has 84 valence electrons. The number of fused-ring (bicyclic) bond motifs is 1. The van der Waals surface area contributed by atoms with E-state index in [-0.39, 0.29) is 0 Å². The van der Waals surface area contributed by atoms with Crippen LogP contribution in [0.5, 0.6) is 0 Å². The Labute approximate surface area is 103 Å². The van der Waals surface area contributed by atoms with Crippen molar-refractivity contribution in [2.45, 2.75) is 0 Å². The first kappa shape index (κ1) is 10.1. The lowest BCUT2D eigenvalue weighted by Crippen LogP contribution is -1.97. The summed E-state index contributed by atoms with van der Waals surface area (Å²) in [5.74, 6) is 0. The molecule has 0 aliphatic rings. The number of pyridine rings is 1.